The minimum Gasteiger partial charge on any atom is -0.394 e. The molecule has 200 valence electrons. The molecular formula is C18H32O16. The molecule has 0 aromatic rings. The predicted molar refractivity (Wildman–Crippen MR) is 101 cm³/mol. The molecule has 3 aliphatic rings. The summed E-state index contributed by atoms with van der Waals surface area (Å²) in [7, 11) is 0. The van der Waals surface area contributed by atoms with Crippen LogP contribution >= 0.6 is 0 Å². The summed E-state index contributed by atoms with van der Waals surface area (Å²) in [5.41, 5.74) is 0. The van der Waals surface area contributed by atoms with E-state index in [-0.39, 0.29) is 0 Å². The average Bonchev–Trinajstić information content (AvgIpc) is 2.83. The molecule has 2 unspecified atom stereocenters. The second-order valence-corrected chi connectivity index (χ2v) is 8.37. The number of aliphatic hydroxyl groups is 11. The zero-order valence-corrected chi connectivity index (χ0v) is 17.7. The van der Waals surface area contributed by atoms with Gasteiger partial charge in [-0.2, -0.15) is 0 Å². The van der Waals surface area contributed by atoms with Crippen LogP contribution in [0.15, 0.2) is 0 Å². The summed E-state index contributed by atoms with van der Waals surface area (Å²) in [5.74, 6) is 0. The van der Waals surface area contributed by atoms with Crippen LogP contribution in [0.25, 0.3) is 0 Å². The fraction of sp³-hybridized carbons (Fsp3) is 1.00. The van der Waals surface area contributed by atoms with Crippen molar-refractivity contribution >= 4 is 0 Å². The molecule has 16 nitrogen and oxygen atoms in total. The Morgan fingerprint density at radius 3 is 1.65 bits per heavy atom. The minimum absolute atomic E-state index is 0.577. The Morgan fingerprint density at radius 1 is 0.500 bits per heavy atom. The van der Waals surface area contributed by atoms with E-state index in [1.807, 2.05) is 0 Å². The number of aliphatic hydroxyl groups excluding tert-OH is 11. The summed E-state index contributed by atoms with van der Waals surface area (Å²) in [4.78, 5) is 0. The Bertz CT molecular complexity index is 637. The SMILES string of the molecule is OC[C@H]1OC(O[C@H]2[C@H](O)[C@@H](O)C(OC[C@H]3O[C@H](O)[C@H](O)[C@@H](O)[C@@H]3O)O[C@@H]2CO)[C@H](O)[C@@H](O)[C@@H]1O. The van der Waals surface area contributed by atoms with Crippen LogP contribution in [0.5, 0.6) is 0 Å². The third kappa shape index (κ3) is 5.52. The zero-order chi connectivity index (χ0) is 25.3. The van der Waals surface area contributed by atoms with Gasteiger partial charge >= 0.3 is 0 Å². The van der Waals surface area contributed by atoms with E-state index in [1.54, 1.807) is 0 Å². The molecule has 3 aliphatic heterocycles. The first kappa shape index (κ1) is 27.9. The second-order valence-electron chi connectivity index (χ2n) is 8.37. The van der Waals surface area contributed by atoms with Crippen molar-refractivity contribution in [1.29, 1.82) is 0 Å². The Balaban J connectivity index is 1.63. The van der Waals surface area contributed by atoms with Gasteiger partial charge in [0.05, 0.1) is 19.8 Å². The molecule has 34 heavy (non-hydrogen) atoms. The third-order valence-corrected chi connectivity index (χ3v) is 6.07. The Labute approximate surface area is 192 Å². The first-order chi connectivity index (χ1) is 16.0. The van der Waals surface area contributed by atoms with Gasteiger partial charge in [0.25, 0.3) is 0 Å². The van der Waals surface area contributed by atoms with Crippen molar-refractivity contribution in [3.05, 3.63) is 0 Å². The van der Waals surface area contributed by atoms with E-state index >= 15 is 0 Å². The smallest absolute Gasteiger partial charge is 0.187 e. The molecule has 0 aromatic heterocycles. The van der Waals surface area contributed by atoms with Crippen molar-refractivity contribution in [2.75, 3.05) is 19.8 Å². The lowest BCUT2D eigenvalue weighted by atomic mass is 9.97. The van der Waals surface area contributed by atoms with Crippen LogP contribution in [-0.4, -0.2) is 168 Å². The molecule has 3 heterocycles. The largest absolute Gasteiger partial charge is 0.394 e. The molecule has 0 amide bonds. The molecule has 0 saturated carbocycles. The van der Waals surface area contributed by atoms with E-state index in [4.69, 9.17) is 23.7 Å². The van der Waals surface area contributed by atoms with E-state index in [9.17, 15) is 56.2 Å². The van der Waals surface area contributed by atoms with Crippen LogP contribution in [-0.2, 0) is 23.7 Å². The molecule has 0 radical (unpaired) electrons. The summed E-state index contributed by atoms with van der Waals surface area (Å²) in [6, 6.07) is 0. The molecule has 0 aliphatic carbocycles. The monoisotopic (exact) mass is 504 g/mol. The Morgan fingerprint density at radius 2 is 1.03 bits per heavy atom. The number of rotatable bonds is 7. The van der Waals surface area contributed by atoms with Gasteiger partial charge in [-0.1, -0.05) is 0 Å². The van der Waals surface area contributed by atoms with Crippen molar-refractivity contribution in [2.24, 2.45) is 0 Å². The van der Waals surface area contributed by atoms with Crippen LogP contribution in [0.3, 0.4) is 0 Å². The van der Waals surface area contributed by atoms with E-state index in [0.29, 0.717) is 0 Å². The van der Waals surface area contributed by atoms with E-state index < -0.39 is 112 Å². The maximum atomic E-state index is 10.5. The topological polar surface area (TPSA) is 269 Å². The molecule has 0 aromatic carbocycles. The van der Waals surface area contributed by atoms with Gasteiger partial charge in [-0.15, -0.1) is 0 Å². The molecule has 11 N–H and O–H groups in total. The van der Waals surface area contributed by atoms with Gasteiger partial charge in [0.2, 0.25) is 0 Å². The van der Waals surface area contributed by atoms with Crippen molar-refractivity contribution < 1.29 is 79.9 Å². The zero-order valence-electron chi connectivity index (χ0n) is 17.7. The summed E-state index contributed by atoms with van der Waals surface area (Å²) >= 11 is 0. The number of hydrogen-bond donors (Lipinski definition) is 11. The van der Waals surface area contributed by atoms with E-state index in [1.165, 1.54) is 0 Å². The summed E-state index contributed by atoms with van der Waals surface area (Å²) in [5, 5.41) is 109. The summed E-state index contributed by atoms with van der Waals surface area (Å²) in [6.45, 7) is -2.09. The highest BCUT2D eigenvalue weighted by Gasteiger charge is 2.51. The van der Waals surface area contributed by atoms with Crippen molar-refractivity contribution in [3.8, 4) is 0 Å². The van der Waals surface area contributed by atoms with Crippen molar-refractivity contribution in [3.63, 3.8) is 0 Å². The fourth-order valence-electron chi connectivity index (χ4n) is 3.95. The molecular weight excluding hydrogens is 472 g/mol. The highest BCUT2D eigenvalue weighted by molar-refractivity contribution is 4.94. The molecule has 16 heteroatoms. The van der Waals surface area contributed by atoms with E-state index in [0.717, 1.165) is 0 Å². The minimum atomic E-state index is -1.82. The molecule has 3 rings (SSSR count). The highest BCUT2D eigenvalue weighted by Crippen LogP contribution is 2.30. The van der Waals surface area contributed by atoms with Crippen molar-refractivity contribution in [2.45, 2.75) is 92.1 Å². The lowest BCUT2D eigenvalue weighted by molar-refractivity contribution is -0.363. The normalized spacial score (nSPS) is 52.5. The molecule has 3 fully saturated rings. The maximum Gasteiger partial charge on any atom is 0.187 e. The standard InChI is InChI=1S/C18H32O16/c19-1-4-7(21)10(24)13(27)18(32-4)34-15-5(2-20)33-17(14(28)11(15)25)30-3-6-8(22)9(23)12(26)16(29)31-6/h4-29H,1-3H2/t4-,5-,6-,7-,8-,9+,10+,11-,12-,13-,14-,15-,16+,17?,18?/m1/s1. The van der Waals surface area contributed by atoms with Crippen molar-refractivity contribution in [1.82, 2.24) is 0 Å². The lowest BCUT2D eigenvalue weighted by Crippen LogP contribution is -2.65. The first-order valence-corrected chi connectivity index (χ1v) is 10.6. The highest BCUT2D eigenvalue weighted by atomic mass is 16.7. The Hall–Kier alpha value is -0.640. The number of ether oxygens (including phenoxy) is 5. The number of hydrogen-bond acceptors (Lipinski definition) is 16. The van der Waals surface area contributed by atoms with Gasteiger partial charge < -0.3 is 79.9 Å². The van der Waals surface area contributed by atoms with Gasteiger partial charge in [0.15, 0.2) is 18.9 Å². The predicted octanol–water partition coefficient (Wildman–Crippen LogP) is -7.57. The molecule has 15 atom stereocenters. The molecule has 3 saturated heterocycles. The molecule has 0 spiro atoms. The van der Waals surface area contributed by atoms with E-state index in [2.05, 4.69) is 0 Å². The molecule has 0 bridgehead atoms. The van der Waals surface area contributed by atoms with Crippen LogP contribution in [0, 0.1) is 0 Å². The van der Waals surface area contributed by atoms with Gasteiger partial charge in [-0.25, -0.2) is 0 Å². The van der Waals surface area contributed by atoms with Gasteiger partial charge in [0.1, 0.15) is 73.2 Å². The fourth-order valence-corrected chi connectivity index (χ4v) is 3.95. The average molecular weight is 504 g/mol. The lowest BCUT2D eigenvalue weighted by Gasteiger charge is -2.46. The third-order valence-electron chi connectivity index (χ3n) is 6.07. The van der Waals surface area contributed by atoms with Gasteiger partial charge in [-0.05, 0) is 0 Å². The second kappa shape index (κ2) is 11.6. The van der Waals surface area contributed by atoms with Crippen LogP contribution in [0.2, 0.25) is 0 Å². The van der Waals surface area contributed by atoms with Gasteiger partial charge in [-0.3, -0.25) is 0 Å². The first-order valence-electron chi connectivity index (χ1n) is 10.6. The summed E-state index contributed by atoms with van der Waals surface area (Å²) in [6.07, 6.45) is -24.7. The van der Waals surface area contributed by atoms with Crippen LogP contribution in [0.4, 0.5) is 0 Å². The summed E-state index contributed by atoms with van der Waals surface area (Å²) < 4.78 is 26.2. The quantitative estimate of drug-likeness (QED) is 0.154. The van der Waals surface area contributed by atoms with Gasteiger partial charge in [0, 0.05) is 0 Å². The van der Waals surface area contributed by atoms with Crippen LogP contribution < -0.4 is 0 Å². The Kier molecular flexibility index (Phi) is 9.54. The maximum absolute atomic E-state index is 10.5. The van der Waals surface area contributed by atoms with Crippen LogP contribution in [0.1, 0.15) is 0 Å².